The van der Waals surface area contributed by atoms with Crippen LogP contribution in [0.15, 0.2) is 59.1 Å². The fraction of sp³-hybridized carbons (Fsp3) is 0.318. The van der Waals surface area contributed by atoms with E-state index in [1.807, 2.05) is 64.3 Å². The number of esters is 1. The number of thioether (sulfide) groups is 1. The molecule has 3 aromatic rings. The van der Waals surface area contributed by atoms with Gasteiger partial charge in [0.05, 0.1) is 5.75 Å². The summed E-state index contributed by atoms with van der Waals surface area (Å²) < 4.78 is 8.72. The number of hydrogen-bond acceptors (Lipinski definition) is 5. The summed E-state index contributed by atoms with van der Waals surface area (Å²) in [5.41, 5.74) is 2.28. The third-order valence-electron chi connectivity index (χ3n) is 4.18. The summed E-state index contributed by atoms with van der Waals surface area (Å²) in [7, 11) is 1.84. The molecule has 0 aliphatic heterocycles. The van der Waals surface area contributed by atoms with Crippen molar-refractivity contribution >= 4 is 28.8 Å². The molecule has 2 heterocycles. The van der Waals surface area contributed by atoms with Gasteiger partial charge in [0.1, 0.15) is 16.6 Å². The molecule has 0 bridgehead atoms. The van der Waals surface area contributed by atoms with E-state index in [1.165, 1.54) is 11.8 Å². The van der Waals surface area contributed by atoms with E-state index in [1.54, 1.807) is 15.2 Å². The average molecular weight is 412 g/mol. The first kappa shape index (κ1) is 20.9. The van der Waals surface area contributed by atoms with Crippen molar-refractivity contribution in [2.45, 2.75) is 38.1 Å². The van der Waals surface area contributed by atoms with Gasteiger partial charge in [0.25, 0.3) is 5.56 Å². The molecule has 0 fully saturated rings. The molecule has 7 heteroatoms. The van der Waals surface area contributed by atoms with Crippen molar-refractivity contribution in [2.24, 2.45) is 7.05 Å². The summed E-state index contributed by atoms with van der Waals surface area (Å²) in [5.74, 6) is -0.279. The van der Waals surface area contributed by atoms with Crippen molar-refractivity contribution in [3.05, 3.63) is 59.5 Å². The zero-order valence-electron chi connectivity index (χ0n) is 17.1. The van der Waals surface area contributed by atoms with E-state index in [-0.39, 0.29) is 17.3 Å². The average Bonchev–Trinajstić information content (AvgIpc) is 2.98. The highest BCUT2D eigenvalue weighted by Crippen LogP contribution is 2.29. The highest BCUT2D eigenvalue weighted by Gasteiger charge is 2.21. The Kier molecular flexibility index (Phi) is 5.98. The third kappa shape index (κ3) is 4.62. The van der Waals surface area contributed by atoms with Gasteiger partial charge in [0.15, 0.2) is 5.16 Å². The Morgan fingerprint density at radius 2 is 1.97 bits per heavy atom. The maximum atomic E-state index is 13.2. The number of fused-ring (bicyclic) bond motifs is 1. The van der Waals surface area contributed by atoms with Gasteiger partial charge in [-0.05, 0) is 26.3 Å². The van der Waals surface area contributed by atoms with Crippen LogP contribution >= 0.6 is 11.8 Å². The summed E-state index contributed by atoms with van der Waals surface area (Å²) in [6, 6.07) is 9.82. The van der Waals surface area contributed by atoms with Gasteiger partial charge in [-0.25, -0.2) is 4.98 Å². The molecular weight excluding hydrogens is 386 g/mol. The quantitative estimate of drug-likeness (QED) is 0.265. The van der Waals surface area contributed by atoms with Crippen LogP contribution in [-0.4, -0.2) is 31.4 Å². The van der Waals surface area contributed by atoms with Gasteiger partial charge >= 0.3 is 5.97 Å². The Bertz CT molecular complexity index is 1110. The van der Waals surface area contributed by atoms with Crippen LogP contribution in [0.5, 0.6) is 0 Å². The van der Waals surface area contributed by atoms with Gasteiger partial charge in [-0.15, -0.1) is 6.58 Å². The number of carbonyl (C=O) groups excluding carboxylic acids is 1. The number of carbonyl (C=O) groups is 1. The fourth-order valence-electron chi connectivity index (χ4n) is 3.07. The predicted molar refractivity (Wildman–Crippen MR) is 117 cm³/mol. The lowest BCUT2D eigenvalue weighted by Crippen LogP contribution is -2.26. The van der Waals surface area contributed by atoms with E-state index < -0.39 is 5.60 Å². The minimum absolute atomic E-state index is 0.0693. The molecular formula is C22H25N3O3S. The molecule has 0 amide bonds. The Morgan fingerprint density at radius 3 is 2.59 bits per heavy atom. The first-order valence-corrected chi connectivity index (χ1v) is 10.3. The second kappa shape index (κ2) is 8.29. The minimum Gasteiger partial charge on any atom is -0.459 e. The van der Waals surface area contributed by atoms with E-state index in [0.29, 0.717) is 22.7 Å². The van der Waals surface area contributed by atoms with Crippen molar-refractivity contribution in [3.63, 3.8) is 0 Å². The van der Waals surface area contributed by atoms with Crippen LogP contribution in [0.25, 0.3) is 22.2 Å². The van der Waals surface area contributed by atoms with E-state index in [9.17, 15) is 9.59 Å². The normalized spacial score (nSPS) is 11.6. The zero-order valence-corrected chi connectivity index (χ0v) is 18.0. The molecule has 0 spiro atoms. The zero-order chi connectivity index (χ0) is 21.2. The van der Waals surface area contributed by atoms with Gasteiger partial charge in [0, 0.05) is 25.4 Å². The number of benzene rings is 1. The minimum atomic E-state index is -0.560. The molecule has 6 nitrogen and oxygen atoms in total. The largest absolute Gasteiger partial charge is 0.459 e. The molecule has 0 aliphatic rings. The lowest BCUT2D eigenvalue weighted by Gasteiger charge is -2.19. The molecule has 0 saturated heterocycles. The molecule has 29 heavy (non-hydrogen) atoms. The maximum absolute atomic E-state index is 13.2. The highest BCUT2D eigenvalue weighted by atomic mass is 32.2. The molecule has 0 radical (unpaired) electrons. The van der Waals surface area contributed by atoms with Crippen LogP contribution in [0.3, 0.4) is 0 Å². The number of allylic oxidation sites excluding steroid dienone is 1. The van der Waals surface area contributed by atoms with Crippen LogP contribution in [0.4, 0.5) is 0 Å². The Labute approximate surface area is 174 Å². The van der Waals surface area contributed by atoms with E-state index in [4.69, 9.17) is 9.72 Å². The fourth-order valence-corrected chi connectivity index (χ4v) is 3.85. The van der Waals surface area contributed by atoms with Gasteiger partial charge in [0.2, 0.25) is 0 Å². The number of aromatic nitrogens is 3. The van der Waals surface area contributed by atoms with Gasteiger partial charge in [-0.2, -0.15) is 0 Å². The summed E-state index contributed by atoms with van der Waals surface area (Å²) in [4.78, 5) is 30.1. The molecule has 0 unspecified atom stereocenters. The lowest BCUT2D eigenvalue weighted by molar-refractivity contribution is -0.151. The molecule has 0 N–H and O–H groups in total. The van der Waals surface area contributed by atoms with Crippen molar-refractivity contribution < 1.29 is 9.53 Å². The molecule has 0 aliphatic carbocycles. The summed E-state index contributed by atoms with van der Waals surface area (Å²) in [6.45, 7) is 9.52. The van der Waals surface area contributed by atoms with Gasteiger partial charge in [-0.3, -0.25) is 14.2 Å². The van der Waals surface area contributed by atoms with Crippen molar-refractivity contribution in [3.8, 4) is 11.1 Å². The lowest BCUT2D eigenvalue weighted by atomic mass is 10.1. The molecule has 3 rings (SSSR count). The molecule has 1 aromatic carbocycles. The van der Waals surface area contributed by atoms with Crippen molar-refractivity contribution in [1.82, 2.24) is 14.1 Å². The summed E-state index contributed by atoms with van der Waals surface area (Å²) in [5, 5.41) is 0.469. The monoisotopic (exact) mass is 411 g/mol. The van der Waals surface area contributed by atoms with E-state index in [2.05, 4.69) is 6.58 Å². The van der Waals surface area contributed by atoms with Crippen LogP contribution in [0.1, 0.15) is 20.8 Å². The number of nitrogens with zero attached hydrogens (tertiary/aromatic N) is 3. The van der Waals surface area contributed by atoms with E-state index >= 15 is 0 Å². The van der Waals surface area contributed by atoms with Crippen LogP contribution in [0, 0.1) is 0 Å². The maximum Gasteiger partial charge on any atom is 0.316 e. The number of hydrogen-bond donors (Lipinski definition) is 0. The van der Waals surface area contributed by atoms with Gasteiger partial charge < -0.3 is 9.30 Å². The summed E-state index contributed by atoms with van der Waals surface area (Å²) >= 11 is 1.20. The smallest absolute Gasteiger partial charge is 0.316 e. The standard InChI is InChI=1S/C22H25N3O3S/c1-6-12-25-20(27)19-18(16(13-24(19)5)15-10-8-7-9-11-15)23-21(25)29-14-17(26)28-22(2,3)4/h6-11,13H,1,12,14H2,2-5H3. The number of ether oxygens (including phenoxy) is 1. The second-order valence-corrected chi connectivity index (χ2v) is 8.63. The summed E-state index contributed by atoms with van der Waals surface area (Å²) in [6.07, 6.45) is 3.56. The second-order valence-electron chi connectivity index (χ2n) is 7.69. The van der Waals surface area contributed by atoms with Crippen molar-refractivity contribution in [2.75, 3.05) is 5.75 Å². The molecule has 0 saturated carbocycles. The van der Waals surface area contributed by atoms with Crippen LogP contribution in [-0.2, 0) is 23.1 Å². The Morgan fingerprint density at radius 1 is 1.28 bits per heavy atom. The Hall–Kier alpha value is -2.80. The molecule has 2 aromatic heterocycles. The third-order valence-corrected chi connectivity index (χ3v) is 5.13. The van der Waals surface area contributed by atoms with Crippen LogP contribution in [0.2, 0.25) is 0 Å². The first-order valence-electron chi connectivity index (χ1n) is 9.32. The van der Waals surface area contributed by atoms with E-state index in [0.717, 1.165) is 11.1 Å². The molecule has 152 valence electrons. The topological polar surface area (TPSA) is 66.1 Å². The SMILES string of the molecule is C=CCn1c(SCC(=O)OC(C)(C)C)nc2c(-c3ccccc3)cn(C)c2c1=O. The predicted octanol–water partition coefficient (Wildman–Crippen LogP) is 4.02. The molecule has 0 atom stereocenters. The Balaban J connectivity index is 2.08. The van der Waals surface area contributed by atoms with Crippen molar-refractivity contribution in [1.29, 1.82) is 0 Å². The highest BCUT2D eigenvalue weighted by molar-refractivity contribution is 7.99. The van der Waals surface area contributed by atoms with Crippen LogP contribution < -0.4 is 5.56 Å². The van der Waals surface area contributed by atoms with Gasteiger partial charge in [-0.1, -0.05) is 48.2 Å². The number of rotatable bonds is 6. The first-order chi connectivity index (χ1) is 13.7. The number of aryl methyl sites for hydroxylation is 1.